The fourth-order valence-corrected chi connectivity index (χ4v) is 2.41. The number of nitrogens with one attached hydrogen (secondary N) is 1. The largest absolute Gasteiger partial charge is 0.494 e. The summed E-state index contributed by atoms with van der Waals surface area (Å²) >= 11 is 0. The molecule has 0 aromatic heterocycles. The molecule has 0 atom stereocenters. The fourth-order valence-electron chi connectivity index (χ4n) is 2.41. The summed E-state index contributed by atoms with van der Waals surface area (Å²) in [6.45, 7) is 5.37. The molecule has 2 rings (SSSR count). The van der Waals surface area contributed by atoms with Gasteiger partial charge in [-0.05, 0) is 49.2 Å². The Morgan fingerprint density at radius 3 is 2.46 bits per heavy atom. The first-order valence-electron chi connectivity index (χ1n) is 9.55. The van der Waals surface area contributed by atoms with Crippen LogP contribution in [-0.2, 0) is 4.79 Å². The van der Waals surface area contributed by atoms with Crippen LogP contribution in [0.4, 0.5) is 5.69 Å². The molecule has 0 fully saturated rings. The molecule has 0 heterocycles. The molecule has 0 saturated heterocycles. The number of unbranched alkanes of at least 4 members (excludes halogenated alkanes) is 1. The van der Waals surface area contributed by atoms with Gasteiger partial charge in [0.15, 0.2) is 0 Å². The number of anilines is 1. The summed E-state index contributed by atoms with van der Waals surface area (Å²) in [5.41, 5.74) is 1.31. The molecule has 0 aliphatic heterocycles. The second-order valence-electron chi connectivity index (χ2n) is 6.24. The number of ether oxygens (including phenoxy) is 2. The number of carbonyl (C=O) groups excluding carboxylic acids is 1. The molecule has 0 aliphatic carbocycles. The monoisotopic (exact) mass is 378 g/mol. The quantitative estimate of drug-likeness (QED) is 0.350. The second-order valence-corrected chi connectivity index (χ2v) is 6.24. The Labute approximate surface area is 166 Å². The van der Waals surface area contributed by atoms with Crippen molar-refractivity contribution in [1.82, 2.24) is 0 Å². The van der Waals surface area contributed by atoms with E-state index in [9.17, 15) is 10.1 Å². The third-order valence-corrected chi connectivity index (χ3v) is 3.92. The van der Waals surface area contributed by atoms with Gasteiger partial charge in [0, 0.05) is 11.3 Å². The molecule has 0 radical (unpaired) electrons. The third-order valence-electron chi connectivity index (χ3n) is 3.92. The van der Waals surface area contributed by atoms with E-state index in [0.717, 1.165) is 25.0 Å². The first kappa shape index (κ1) is 21.0. The van der Waals surface area contributed by atoms with E-state index in [2.05, 4.69) is 12.2 Å². The number of hydrogen-bond acceptors (Lipinski definition) is 4. The maximum atomic E-state index is 12.5. The van der Waals surface area contributed by atoms with Crippen LogP contribution >= 0.6 is 0 Å². The van der Waals surface area contributed by atoms with Gasteiger partial charge in [-0.25, -0.2) is 0 Å². The zero-order valence-electron chi connectivity index (χ0n) is 16.4. The van der Waals surface area contributed by atoms with Crippen molar-refractivity contribution in [1.29, 1.82) is 5.26 Å². The van der Waals surface area contributed by atoms with E-state index >= 15 is 0 Å². The summed E-state index contributed by atoms with van der Waals surface area (Å²) in [5, 5.41) is 12.2. The fraction of sp³-hybridized carbons (Fsp3) is 0.304. The van der Waals surface area contributed by atoms with E-state index in [1.807, 2.05) is 37.3 Å². The van der Waals surface area contributed by atoms with Crippen molar-refractivity contribution >= 4 is 17.7 Å². The molecule has 28 heavy (non-hydrogen) atoms. The van der Waals surface area contributed by atoms with Gasteiger partial charge in [0.2, 0.25) is 0 Å². The van der Waals surface area contributed by atoms with Crippen LogP contribution < -0.4 is 14.8 Å². The number of carbonyl (C=O) groups is 1. The summed E-state index contributed by atoms with van der Waals surface area (Å²) in [5.74, 6) is 0.940. The van der Waals surface area contributed by atoms with Gasteiger partial charge in [0.05, 0.1) is 13.2 Å². The van der Waals surface area contributed by atoms with Crippen molar-refractivity contribution in [2.45, 2.75) is 33.1 Å². The van der Waals surface area contributed by atoms with Crippen LogP contribution in [0.3, 0.4) is 0 Å². The number of hydrogen-bond donors (Lipinski definition) is 1. The summed E-state index contributed by atoms with van der Waals surface area (Å²) in [6, 6.07) is 16.4. The van der Waals surface area contributed by atoms with Crippen LogP contribution in [0.5, 0.6) is 11.5 Å². The molecule has 2 aromatic rings. The zero-order chi connectivity index (χ0) is 20.2. The summed E-state index contributed by atoms with van der Waals surface area (Å²) in [6.07, 6.45) is 4.49. The highest BCUT2D eigenvalue weighted by molar-refractivity contribution is 6.09. The molecule has 1 N–H and O–H groups in total. The molecule has 0 aliphatic rings. The van der Waals surface area contributed by atoms with Gasteiger partial charge < -0.3 is 14.8 Å². The van der Waals surface area contributed by atoms with Gasteiger partial charge >= 0.3 is 0 Å². The molecule has 5 nitrogen and oxygen atoms in total. The van der Waals surface area contributed by atoms with Crippen LogP contribution in [0.1, 0.15) is 38.7 Å². The molecule has 146 valence electrons. The highest BCUT2D eigenvalue weighted by Crippen LogP contribution is 2.22. The maximum absolute atomic E-state index is 12.5. The van der Waals surface area contributed by atoms with Crippen LogP contribution in [0, 0.1) is 11.3 Å². The topological polar surface area (TPSA) is 71.3 Å². The molecule has 1 amide bonds. The average molecular weight is 378 g/mol. The van der Waals surface area contributed by atoms with Crippen LogP contribution in [-0.4, -0.2) is 19.1 Å². The van der Waals surface area contributed by atoms with E-state index in [-0.39, 0.29) is 5.57 Å². The predicted octanol–water partition coefficient (Wildman–Crippen LogP) is 5.20. The minimum atomic E-state index is -0.465. The van der Waals surface area contributed by atoms with E-state index < -0.39 is 5.91 Å². The van der Waals surface area contributed by atoms with Crippen LogP contribution in [0.25, 0.3) is 6.08 Å². The minimum absolute atomic E-state index is 0.0100. The third kappa shape index (κ3) is 6.48. The second kappa shape index (κ2) is 11.5. The van der Waals surface area contributed by atoms with Crippen LogP contribution in [0.15, 0.2) is 54.1 Å². The molecule has 0 saturated carbocycles. The molecule has 5 heteroatoms. The first-order valence-corrected chi connectivity index (χ1v) is 9.55. The minimum Gasteiger partial charge on any atom is -0.494 e. The molecule has 0 bridgehead atoms. The SMILES string of the molecule is CCCCOc1ccc(NC(=O)/C(C#N)=C/c2ccccc2OCCC)cc1. The molecule has 2 aromatic carbocycles. The number of nitriles is 1. The summed E-state index contributed by atoms with van der Waals surface area (Å²) in [4.78, 5) is 12.5. The Morgan fingerprint density at radius 2 is 1.79 bits per heavy atom. The van der Waals surface area contributed by atoms with E-state index in [4.69, 9.17) is 9.47 Å². The van der Waals surface area contributed by atoms with E-state index in [1.165, 1.54) is 0 Å². The zero-order valence-corrected chi connectivity index (χ0v) is 16.4. The molecule has 0 spiro atoms. The van der Waals surface area contributed by atoms with Crippen molar-refractivity contribution in [3.8, 4) is 17.6 Å². The molecular weight excluding hydrogens is 352 g/mol. The Balaban J connectivity index is 2.08. The van der Waals surface area contributed by atoms with Gasteiger partial charge in [-0.1, -0.05) is 38.5 Å². The first-order chi connectivity index (χ1) is 13.7. The number of rotatable bonds is 10. The molecular formula is C23H26N2O3. The Kier molecular flexibility index (Phi) is 8.61. The Hall–Kier alpha value is -3.26. The summed E-state index contributed by atoms with van der Waals surface area (Å²) < 4.78 is 11.3. The standard InChI is InChI=1S/C23H26N2O3/c1-3-5-15-27-21-12-10-20(11-13-21)25-23(26)19(17-24)16-18-8-6-7-9-22(18)28-14-4-2/h6-13,16H,3-5,14-15H2,1-2H3,(H,25,26)/b19-16+. The predicted molar refractivity (Wildman–Crippen MR) is 111 cm³/mol. The van der Waals surface area contributed by atoms with E-state index in [1.54, 1.807) is 30.3 Å². The van der Waals surface area contributed by atoms with Gasteiger partial charge in [-0.3, -0.25) is 4.79 Å². The van der Waals surface area contributed by atoms with Crippen molar-refractivity contribution in [2.24, 2.45) is 0 Å². The maximum Gasteiger partial charge on any atom is 0.266 e. The van der Waals surface area contributed by atoms with Gasteiger partial charge in [-0.15, -0.1) is 0 Å². The van der Waals surface area contributed by atoms with Gasteiger partial charge in [0.1, 0.15) is 23.1 Å². The summed E-state index contributed by atoms with van der Waals surface area (Å²) in [7, 11) is 0. The lowest BCUT2D eigenvalue weighted by Crippen LogP contribution is -2.13. The van der Waals surface area contributed by atoms with Crippen molar-refractivity contribution in [3.63, 3.8) is 0 Å². The lowest BCUT2D eigenvalue weighted by molar-refractivity contribution is -0.112. The lowest BCUT2D eigenvalue weighted by atomic mass is 10.1. The highest BCUT2D eigenvalue weighted by Gasteiger charge is 2.11. The number of benzene rings is 2. The number of amides is 1. The highest BCUT2D eigenvalue weighted by atomic mass is 16.5. The van der Waals surface area contributed by atoms with E-state index in [0.29, 0.717) is 30.2 Å². The number of nitrogens with zero attached hydrogens (tertiary/aromatic N) is 1. The average Bonchev–Trinajstić information content (AvgIpc) is 2.72. The Bertz CT molecular complexity index is 836. The van der Waals surface area contributed by atoms with Crippen molar-refractivity contribution in [2.75, 3.05) is 18.5 Å². The normalized spacial score (nSPS) is 10.8. The van der Waals surface area contributed by atoms with Crippen molar-refractivity contribution < 1.29 is 14.3 Å². The number of para-hydroxylation sites is 1. The molecule has 0 unspecified atom stereocenters. The van der Waals surface area contributed by atoms with Gasteiger partial charge in [-0.2, -0.15) is 5.26 Å². The Morgan fingerprint density at radius 1 is 1.04 bits per heavy atom. The smallest absolute Gasteiger partial charge is 0.266 e. The van der Waals surface area contributed by atoms with Crippen molar-refractivity contribution in [3.05, 3.63) is 59.7 Å². The lowest BCUT2D eigenvalue weighted by Gasteiger charge is -2.09. The van der Waals surface area contributed by atoms with Gasteiger partial charge in [0.25, 0.3) is 5.91 Å². The van der Waals surface area contributed by atoms with Crippen LogP contribution in [0.2, 0.25) is 0 Å².